The van der Waals surface area contributed by atoms with Crippen LogP contribution in [0, 0.1) is 0 Å². The summed E-state index contributed by atoms with van der Waals surface area (Å²) in [4.78, 5) is 13.5. The van der Waals surface area contributed by atoms with Gasteiger partial charge in [0.25, 0.3) is 0 Å². The minimum absolute atomic E-state index is 0.0202. The lowest BCUT2D eigenvalue weighted by molar-refractivity contribution is 0.545. The van der Waals surface area contributed by atoms with E-state index in [1.165, 1.54) is 5.19 Å². The smallest absolute Gasteiger partial charge is 0.133 e. The minimum Gasteiger partial charge on any atom is -0.256 e. The Morgan fingerprint density at radius 2 is 1.45 bits per heavy atom. The van der Waals surface area contributed by atoms with E-state index in [0.29, 0.717) is 0 Å². The molecule has 0 amide bonds. The fraction of sp³-hybridized carbons (Fsp3) is 0.438. The summed E-state index contributed by atoms with van der Waals surface area (Å²) in [5.41, 5.74) is 1.89. The van der Waals surface area contributed by atoms with Crippen molar-refractivity contribution in [2.45, 2.75) is 45.8 Å². The van der Waals surface area contributed by atoms with E-state index in [0.717, 1.165) is 17.1 Å². The number of aromatic nitrogens is 3. The molecule has 4 heteroatoms. The number of hydrogen-bond donors (Lipinski definition) is 0. The summed E-state index contributed by atoms with van der Waals surface area (Å²) in [5, 5.41) is 1.37. The molecule has 3 nitrogen and oxygen atoms in total. The Labute approximate surface area is 122 Å². The number of pyridine rings is 1. The molecular formula is C16H23N3Si. The largest absolute Gasteiger partial charge is 0.256 e. The van der Waals surface area contributed by atoms with Gasteiger partial charge >= 0.3 is 0 Å². The molecule has 0 radical (unpaired) electrons. The lowest BCUT2D eigenvalue weighted by Gasteiger charge is -2.17. The van der Waals surface area contributed by atoms with Crippen LogP contribution in [0.3, 0.4) is 0 Å². The topological polar surface area (TPSA) is 38.7 Å². The molecular weight excluding hydrogens is 262 g/mol. The van der Waals surface area contributed by atoms with E-state index in [-0.39, 0.29) is 5.41 Å². The van der Waals surface area contributed by atoms with E-state index in [4.69, 9.17) is 0 Å². The molecule has 20 heavy (non-hydrogen) atoms. The average molecular weight is 285 g/mol. The lowest BCUT2D eigenvalue weighted by Crippen LogP contribution is -2.37. The normalized spacial score (nSPS) is 12.5. The first-order valence-corrected chi connectivity index (χ1v) is 10.5. The third-order valence-corrected chi connectivity index (χ3v) is 5.28. The van der Waals surface area contributed by atoms with Crippen LogP contribution >= 0.6 is 0 Å². The van der Waals surface area contributed by atoms with Gasteiger partial charge in [-0.2, -0.15) is 0 Å². The third-order valence-electron chi connectivity index (χ3n) is 3.25. The van der Waals surface area contributed by atoms with Crippen molar-refractivity contribution < 1.29 is 0 Å². The van der Waals surface area contributed by atoms with Crippen LogP contribution in [-0.4, -0.2) is 23.0 Å². The van der Waals surface area contributed by atoms with Crippen molar-refractivity contribution in [3.8, 4) is 11.3 Å². The molecule has 2 rings (SSSR count). The van der Waals surface area contributed by atoms with Gasteiger partial charge in [0, 0.05) is 29.6 Å². The zero-order valence-corrected chi connectivity index (χ0v) is 14.2. The van der Waals surface area contributed by atoms with Crippen LogP contribution in [0.1, 0.15) is 26.6 Å². The SMILES string of the molecule is CC(C)(C)c1ncc(-c2ccc([Si](C)(C)C)cn2)cn1. The van der Waals surface area contributed by atoms with Crippen LogP contribution in [-0.2, 0) is 5.41 Å². The highest BCUT2D eigenvalue weighted by molar-refractivity contribution is 6.88. The number of nitrogens with zero attached hydrogens (tertiary/aromatic N) is 3. The highest BCUT2D eigenvalue weighted by atomic mass is 28.3. The molecule has 2 heterocycles. The van der Waals surface area contributed by atoms with E-state index in [1.807, 2.05) is 18.6 Å². The number of rotatable bonds is 2. The molecule has 0 aliphatic carbocycles. The van der Waals surface area contributed by atoms with Gasteiger partial charge in [-0.3, -0.25) is 4.98 Å². The van der Waals surface area contributed by atoms with Gasteiger partial charge in [0.05, 0.1) is 13.8 Å². The molecule has 2 aromatic heterocycles. The first-order chi connectivity index (χ1) is 9.18. The van der Waals surface area contributed by atoms with E-state index in [9.17, 15) is 0 Å². The van der Waals surface area contributed by atoms with Crippen LogP contribution < -0.4 is 5.19 Å². The minimum atomic E-state index is -1.28. The van der Waals surface area contributed by atoms with Crippen molar-refractivity contribution in [3.63, 3.8) is 0 Å². The highest BCUT2D eigenvalue weighted by Crippen LogP contribution is 2.20. The fourth-order valence-electron chi connectivity index (χ4n) is 1.86. The van der Waals surface area contributed by atoms with Crippen molar-refractivity contribution in [1.82, 2.24) is 15.0 Å². The van der Waals surface area contributed by atoms with Crippen molar-refractivity contribution in [2.75, 3.05) is 0 Å². The quantitative estimate of drug-likeness (QED) is 0.794. The molecule has 0 saturated carbocycles. The summed E-state index contributed by atoms with van der Waals surface area (Å²) in [7, 11) is -1.28. The Bertz CT molecular complexity index is 520. The van der Waals surface area contributed by atoms with Gasteiger partial charge in [-0.05, 0) is 11.3 Å². The third kappa shape index (κ3) is 3.31. The highest BCUT2D eigenvalue weighted by Gasteiger charge is 2.18. The monoisotopic (exact) mass is 285 g/mol. The average Bonchev–Trinajstić information content (AvgIpc) is 2.37. The van der Waals surface area contributed by atoms with Gasteiger partial charge in [-0.15, -0.1) is 0 Å². The molecule has 0 aliphatic heterocycles. The van der Waals surface area contributed by atoms with E-state index >= 15 is 0 Å². The van der Waals surface area contributed by atoms with Gasteiger partial charge < -0.3 is 0 Å². The first-order valence-electron chi connectivity index (χ1n) is 6.97. The summed E-state index contributed by atoms with van der Waals surface area (Å²) in [6.07, 6.45) is 5.73. The van der Waals surface area contributed by atoms with Crippen molar-refractivity contribution in [3.05, 3.63) is 36.5 Å². The standard InChI is InChI=1S/C16H23N3Si/c1-16(2,3)15-18-9-12(10-19-15)14-8-7-13(11-17-14)20(4,5)6/h7-11H,1-6H3. The Balaban J connectivity index is 2.29. The van der Waals surface area contributed by atoms with E-state index in [1.54, 1.807) is 0 Å². The van der Waals surface area contributed by atoms with Crippen molar-refractivity contribution in [2.24, 2.45) is 0 Å². The van der Waals surface area contributed by atoms with Crippen LogP contribution in [0.2, 0.25) is 19.6 Å². The van der Waals surface area contributed by atoms with E-state index < -0.39 is 8.07 Å². The first kappa shape index (κ1) is 14.8. The zero-order valence-electron chi connectivity index (χ0n) is 13.2. The molecule has 0 atom stereocenters. The fourth-order valence-corrected chi connectivity index (χ4v) is 2.89. The van der Waals surface area contributed by atoms with Crippen LogP contribution in [0.25, 0.3) is 11.3 Å². The molecule has 0 aromatic carbocycles. The van der Waals surface area contributed by atoms with Crippen LogP contribution in [0.15, 0.2) is 30.7 Å². The zero-order chi connectivity index (χ0) is 15.0. The molecule has 2 aromatic rings. The second-order valence-corrected chi connectivity index (χ2v) is 12.3. The Kier molecular flexibility index (Phi) is 3.78. The molecule has 0 saturated heterocycles. The lowest BCUT2D eigenvalue weighted by atomic mass is 9.96. The van der Waals surface area contributed by atoms with Gasteiger partial charge in [0.1, 0.15) is 5.82 Å². The van der Waals surface area contributed by atoms with Gasteiger partial charge in [0.2, 0.25) is 0 Å². The number of hydrogen-bond acceptors (Lipinski definition) is 3. The summed E-state index contributed by atoms with van der Waals surface area (Å²) >= 11 is 0. The predicted octanol–water partition coefficient (Wildman–Crippen LogP) is 3.38. The second kappa shape index (κ2) is 5.09. The van der Waals surface area contributed by atoms with Crippen molar-refractivity contribution in [1.29, 1.82) is 0 Å². The summed E-state index contributed by atoms with van der Waals surface area (Å²) in [6.45, 7) is 13.3. The van der Waals surface area contributed by atoms with E-state index in [2.05, 4.69) is 67.5 Å². The van der Waals surface area contributed by atoms with Gasteiger partial charge in [-0.25, -0.2) is 9.97 Å². The molecule has 0 N–H and O–H groups in total. The summed E-state index contributed by atoms with van der Waals surface area (Å²) < 4.78 is 0. The molecule has 0 fully saturated rings. The Hall–Kier alpha value is -1.55. The molecule has 0 bridgehead atoms. The molecule has 0 aliphatic rings. The Morgan fingerprint density at radius 3 is 1.85 bits per heavy atom. The maximum absolute atomic E-state index is 4.56. The van der Waals surface area contributed by atoms with Crippen LogP contribution in [0.4, 0.5) is 0 Å². The van der Waals surface area contributed by atoms with Gasteiger partial charge in [-0.1, -0.05) is 46.5 Å². The molecule has 106 valence electrons. The molecule has 0 unspecified atom stereocenters. The van der Waals surface area contributed by atoms with Crippen LogP contribution in [0.5, 0.6) is 0 Å². The second-order valence-electron chi connectivity index (χ2n) is 7.23. The summed E-state index contributed by atoms with van der Waals surface area (Å²) in [6, 6.07) is 4.26. The Morgan fingerprint density at radius 1 is 0.850 bits per heavy atom. The van der Waals surface area contributed by atoms with Crippen molar-refractivity contribution >= 4 is 13.3 Å². The summed E-state index contributed by atoms with van der Waals surface area (Å²) in [5.74, 6) is 0.861. The predicted molar refractivity (Wildman–Crippen MR) is 86.9 cm³/mol. The maximum Gasteiger partial charge on any atom is 0.133 e. The van der Waals surface area contributed by atoms with Gasteiger partial charge in [0.15, 0.2) is 0 Å². The maximum atomic E-state index is 4.56. The molecule has 0 spiro atoms.